The van der Waals surface area contributed by atoms with E-state index in [4.69, 9.17) is 4.74 Å². The van der Waals surface area contributed by atoms with Crippen molar-refractivity contribution in [2.45, 2.75) is 50.7 Å². The van der Waals surface area contributed by atoms with Gasteiger partial charge in [-0.3, -0.25) is 4.98 Å². The third-order valence-corrected chi connectivity index (χ3v) is 6.43. The summed E-state index contributed by atoms with van der Waals surface area (Å²) in [6, 6.07) is 4.82. The highest BCUT2D eigenvalue weighted by Gasteiger charge is 2.36. The zero-order valence-electron chi connectivity index (χ0n) is 15.1. The van der Waals surface area contributed by atoms with Gasteiger partial charge in [-0.1, -0.05) is 18.9 Å². The van der Waals surface area contributed by atoms with Crippen molar-refractivity contribution in [3.63, 3.8) is 0 Å². The first kappa shape index (κ1) is 15.8. The Bertz CT molecular complexity index is 927. The molecule has 0 aliphatic heterocycles. The van der Waals surface area contributed by atoms with Crippen molar-refractivity contribution in [1.82, 2.24) is 9.55 Å². The average Bonchev–Trinajstić information content (AvgIpc) is 3.40. The van der Waals surface area contributed by atoms with Crippen LogP contribution in [0.4, 0.5) is 0 Å². The quantitative estimate of drug-likeness (QED) is 0.797. The second-order valence-corrected chi connectivity index (χ2v) is 7.71. The molecule has 0 aromatic carbocycles. The van der Waals surface area contributed by atoms with Crippen LogP contribution in [-0.2, 0) is 11.2 Å². The van der Waals surface area contributed by atoms with Crippen LogP contribution in [-0.4, -0.2) is 16.7 Å². The summed E-state index contributed by atoms with van der Waals surface area (Å²) in [5.74, 6) is 0.611. The van der Waals surface area contributed by atoms with Gasteiger partial charge in [0.05, 0.1) is 18.2 Å². The van der Waals surface area contributed by atoms with Crippen molar-refractivity contribution in [3.8, 4) is 17.2 Å². The van der Waals surface area contributed by atoms with Gasteiger partial charge < -0.3 is 9.30 Å². The number of aromatic nitrogens is 2. The third kappa shape index (κ3) is 2.20. The first-order valence-electron chi connectivity index (χ1n) is 9.61. The van der Waals surface area contributed by atoms with Crippen LogP contribution in [0.1, 0.15) is 61.1 Å². The Hall–Kier alpha value is -2.38. The van der Waals surface area contributed by atoms with E-state index in [0.717, 1.165) is 12.1 Å². The summed E-state index contributed by atoms with van der Waals surface area (Å²) < 4.78 is 8.23. The van der Waals surface area contributed by atoms with Crippen LogP contribution in [0.25, 0.3) is 16.7 Å². The molecule has 3 aliphatic rings. The van der Waals surface area contributed by atoms with E-state index < -0.39 is 0 Å². The molecular formula is C22H23N3O. The Kier molecular flexibility index (Phi) is 3.72. The normalized spacial score (nSPS) is 21.8. The summed E-state index contributed by atoms with van der Waals surface area (Å²) in [6.45, 7) is 0. The summed E-state index contributed by atoms with van der Waals surface area (Å²) in [7, 11) is 1.79. The summed E-state index contributed by atoms with van der Waals surface area (Å²) in [6.07, 6.45) is 15.2. The van der Waals surface area contributed by atoms with Gasteiger partial charge >= 0.3 is 0 Å². The van der Waals surface area contributed by atoms with Crippen LogP contribution < -0.4 is 0 Å². The number of rotatable bonds is 4. The standard InChI is InChI=1S/C22H23N3O/c1-26-22-16-6-7-19-21(16)15(9-11-24-19)17-12-25(13-18(17)22)20(8-10-23)14-4-2-3-5-14/h6,9,11-14,20,22H,2-5,7-8H2,1H3. The molecule has 1 fully saturated rings. The highest BCUT2D eigenvalue weighted by atomic mass is 16.5. The lowest BCUT2D eigenvalue weighted by Gasteiger charge is -2.25. The lowest BCUT2D eigenvalue weighted by atomic mass is 9.84. The Balaban J connectivity index is 1.64. The number of pyridine rings is 1. The van der Waals surface area contributed by atoms with Gasteiger partial charge in [0, 0.05) is 54.9 Å². The van der Waals surface area contributed by atoms with Crippen LogP contribution in [0.15, 0.2) is 30.7 Å². The van der Waals surface area contributed by atoms with Crippen LogP contribution in [0.5, 0.6) is 0 Å². The molecule has 0 bridgehead atoms. The number of methoxy groups -OCH3 is 1. The topological polar surface area (TPSA) is 50.8 Å². The molecule has 1 saturated carbocycles. The summed E-state index contributed by atoms with van der Waals surface area (Å²) in [4.78, 5) is 4.57. The summed E-state index contributed by atoms with van der Waals surface area (Å²) >= 11 is 0. The molecule has 3 aliphatic carbocycles. The monoisotopic (exact) mass is 345 g/mol. The smallest absolute Gasteiger partial charge is 0.110 e. The highest BCUT2D eigenvalue weighted by Crippen LogP contribution is 2.51. The lowest BCUT2D eigenvalue weighted by Crippen LogP contribution is -2.15. The van der Waals surface area contributed by atoms with Gasteiger partial charge in [0.15, 0.2) is 0 Å². The molecule has 2 atom stereocenters. The first-order chi connectivity index (χ1) is 12.8. The zero-order chi connectivity index (χ0) is 17.7. The maximum absolute atomic E-state index is 9.40. The minimum absolute atomic E-state index is 0.0319. The largest absolute Gasteiger partial charge is 0.372 e. The SMILES string of the molecule is COC1C2=CCc3nccc(c32)-c2cn(C(CC#N)C3CCCC3)cc21. The first-order valence-corrected chi connectivity index (χ1v) is 9.61. The molecule has 0 spiro atoms. The Morgan fingerprint density at radius 2 is 2.15 bits per heavy atom. The number of nitriles is 1. The van der Waals surface area contributed by atoms with Crippen molar-refractivity contribution in [2.75, 3.05) is 7.11 Å². The fraction of sp³-hybridized carbons (Fsp3) is 0.455. The maximum atomic E-state index is 9.40. The molecule has 2 aromatic rings. The second-order valence-electron chi connectivity index (χ2n) is 7.71. The number of ether oxygens (including phenoxy) is 1. The number of fused-ring (bicyclic) bond motifs is 2. The summed E-state index contributed by atoms with van der Waals surface area (Å²) in [5, 5.41) is 9.40. The van der Waals surface area contributed by atoms with Crippen molar-refractivity contribution < 1.29 is 4.74 Å². The molecule has 132 valence electrons. The van der Waals surface area contributed by atoms with Gasteiger partial charge in [-0.15, -0.1) is 0 Å². The molecule has 4 nitrogen and oxygen atoms in total. The van der Waals surface area contributed by atoms with Crippen molar-refractivity contribution in [3.05, 3.63) is 47.6 Å². The van der Waals surface area contributed by atoms with Gasteiger partial charge in [-0.25, -0.2) is 0 Å². The van der Waals surface area contributed by atoms with E-state index in [-0.39, 0.29) is 12.1 Å². The van der Waals surface area contributed by atoms with Gasteiger partial charge in [-0.2, -0.15) is 5.26 Å². The van der Waals surface area contributed by atoms with Crippen LogP contribution in [0, 0.1) is 17.2 Å². The predicted molar refractivity (Wildman–Crippen MR) is 100 cm³/mol. The summed E-state index contributed by atoms with van der Waals surface area (Å²) in [5.41, 5.74) is 7.42. The Morgan fingerprint density at radius 1 is 1.31 bits per heavy atom. The number of hydrogen-bond donors (Lipinski definition) is 0. The predicted octanol–water partition coefficient (Wildman–Crippen LogP) is 4.84. The molecular weight excluding hydrogens is 322 g/mol. The molecule has 0 amide bonds. The van der Waals surface area contributed by atoms with Gasteiger partial charge in [0.2, 0.25) is 0 Å². The van der Waals surface area contributed by atoms with Crippen LogP contribution >= 0.6 is 0 Å². The van der Waals surface area contributed by atoms with Crippen molar-refractivity contribution >= 4 is 5.57 Å². The van der Waals surface area contributed by atoms with E-state index >= 15 is 0 Å². The third-order valence-electron chi connectivity index (χ3n) is 6.43. The van der Waals surface area contributed by atoms with Crippen LogP contribution in [0.2, 0.25) is 0 Å². The molecule has 0 saturated heterocycles. The van der Waals surface area contributed by atoms with E-state index in [1.165, 1.54) is 53.5 Å². The van der Waals surface area contributed by atoms with E-state index in [1.54, 1.807) is 7.11 Å². The molecule has 2 unspecified atom stereocenters. The van der Waals surface area contributed by atoms with E-state index in [9.17, 15) is 5.26 Å². The van der Waals surface area contributed by atoms with E-state index in [2.05, 4.69) is 40.2 Å². The number of hydrogen-bond acceptors (Lipinski definition) is 3. The Labute approximate surface area is 154 Å². The Morgan fingerprint density at radius 3 is 2.92 bits per heavy atom. The average molecular weight is 345 g/mol. The number of nitrogens with zero attached hydrogens (tertiary/aromatic N) is 3. The van der Waals surface area contributed by atoms with Crippen molar-refractivity contribution in [1.29, 1.82) is 5.26 Å². The van der Waals surface area contributed by atoms with Gasteiger partial charge in [0.1, 0.15) is 6.10 Å². The minimum Gasteiger partial charge on any atom is -0.372 e. The fourth-order valence-corrected chi connectivity index (χ4v) is 5.24. The molecule has 0 N–H and O–H groups in total. The molecule has 2 aromatic heterocycles. The minimum atomic E-state index is -0.0319. The highest BCUT2D eigenvalue weighted by molar-refractivity contribution is 5.92. The van der Waals surface area contributed by atoms with E-state index in [0.29, 0.717) is 12.3 Å². The van der Waals surface area contributed by atoms with Gasteiger partial charge in [0.25, 0.3) is 0 Å². The maximum Gasteiger partial charge on any atom is 0.110 e. The second kappa shape index (κ2) is 6.10. The zero-order valence-corrected chi connectivity index (χ0v) is 15.1. The van der Waals surface area contributed by atoms with E-state index in [1.807, 2.05) is 6.20 Å². The molecule has 5 rings (SSSR count). The van der Waals surface area contributed by atoms with Crippen LogP contribution in [0.3, 0.4) is 0 Å². The van der Waals surface area contributed by atoms with Crippen molar-refractivity contribution in [2.24, 2.45) is 5.92 Å². The number of allylic oxidation sites excluding steroid dienone is 1. The molecule has 0 radical (unpaired) electrons. The van der Waals surface area contributed by atoms with Gasteiger partial charge in [-0.05, 0) is 36.0 Å². The molecule has 2 heterocycles. The fourth-order valence-electron chi connectivity index (χ4n) is 5.24. The lowest BCUT2D eigenvalue weighted by molar-refractivity contribution is 0.150. The molecule has 4 heteroatoms. The molecule has 26 heavy (non-hydrogen) atoms.